The minimum absolute atomic E-state index is 0.0949. The summed E-state index contributed by atoms with van der Waals surface area (Å²) in [5.41, 5.74) is 7.47. The van der Waals surface area contributed by atoms with Gasteiger partial charge in [-0.3, -0.25) is 28.0 Å². The van der Waals surface area contributed by atoms with E-state index in [9.17, 15) is 28.2 Å². The lowest BCUT2D eigenvalue weighted by Crippen LogP contribution is -2.33. The van der Waals surface area contributed by atoms with Crippen molar-refractivity contribution in [1.82, 2.24) is 9.55 Å². The number of aryl methyl sites for hydroxylation is 1. The minimum Gasteiger partial charge on any atom is -0.352 e. The van der Waals surface area contributed by atoms with E-state index in [2.05, 4.69) is 19.3 Å². The van der Waals surface area contributed by atoms with Crippen LogP contribution in [0.15, 0.2) is 20.9 Å². The molecule has 4 N–H and O–H groups in total. The smallest absolute Gasteiger partial charge is 0.352 e. The Morgan fingerprint density at radius 1 is 1.39 bits per heavy atom. The molecule has 2 radical (unpaired) electrons. The topological polar surface area (TPSA) is 243 Å². The molecule has 0 spiro atoms. The number of azide groups is 1. The number of alkyl halides is 2. The third kappa shape index (κ3) is 6.40. The largest absolute Gasteiger partial charge is 0.383 e. The fourth-order valence-corrected chi connectivity index (χ4v) is 6.96. The van der Waals surface area contributed by atoms with Crippen LogP contribution in [-0.4, -0.2) is 54.4 Å². The average molecular weight is 568 g/mol. The van der Waals surface area contributed by atoms with Crippen molar-refractivity contribution >= 4 is 53.4 Å². The van der Waals surface area contributed by atoms with Gasteiger partial charge in [-0.05, 0) is 12.5 Å². The van der Waals surface area contributed by atoms with Gasteiger partial charge in [0, 0.05) is 23.1 Å². The van der Waals surface area contributed by atoms with Crippen LogP contribution < -0.4 is 11.2 Å². The Hall–Kier alpha value is -0.915. The van der Waals surface area contributed by atoms with Gasteiger partial charge >= 0.3 is 24.7 Å². The molecule has 33 heavy (non-hydrogen) atoms. The van der Waals surface area contributed by atoms with Crippen molar-refractivity contribution in [2.24, 2.45) is 5.11 Å². The van der Waals surface area contributed by atoms with E-state index in [1.54, 1.807) is 0 Å². The summed E-state index contributed by atoms with van der Waals surface area (Å²) in [6, 6.07) is -1.02. The number of nitrogens with zero attached hydrogens (tertiary/aromatic N) is 4. The Balaban J connectivity index is 2.19. The molecule has 0 amide bonds. The highest BCUT2D eigenvalue weighted by Crippen LogP contribution is 2.79. The van der Waals surface area contributed by atoms with E-state index in [0.717, 1.165) is 4.57 Å². The summed E-state index contributed by atoms with van der Waals surface area (Å²) in [4.78, 5) is 56.0. The van der Waals surface area contributed by atoms with Crippen LogP contribution in [0.4, 0.5) is 0 Å². The highest BCUT2D eigenvalue weighted by atomic mass is 35.5. The van der Waals surface area contributed by atoms with Crippen LogP contribution in [0.25, 0.3) is 10.4 Å². The zero-order valence-electron chi connectivity index (χ0n) is 16.3. The van der Waals surface area contributed by atoms with Gasteiger partial charge in [-0.15, -0.1) is 0 Å². The van der Waals surface area contributed by atoms with Crippen molar-refractivity contribution in [3.8, 4) is 0 Å². The van der Waals surface area contributed by atoms with Crippen LogP contribution in [0.2, 0.25) is 0 Å². The summed E-state index contributed by atoms with van der Waals surface area (Å²) in [6.07, 6.45) is -1.18. The zero-order valence-corrected chi connectivity index (χ0v) is 20.5. The molecule has 0 saturated carbocycles. The second-order valence-electron chi connectivity index (χ2n) is 6.61. The lowest BCUT2D eigenvalue weighted by atomic mass is 10.1. The van der Waals surface area contributed by atoms with Gasteiger partial charge in [0.1, 0.15) is 6.23 Å². The van der Waals surface area contributed by atoms with Crippen molar-refractivity contribution in [2.45, 2.75) is 35.5 Å². The molecule has 2 unspecified atom stereocenters. The molecule has 0 bridgehead atoms. The normalized spacial score (nSPS) is 25.1. The molecule has 0 aromatic carbocycles. The van der Waals surface area contributed by atoms with E-state index in [-0.39, 0.29) is 12.0 Å². The number of H-pyrrole nitrogens is 1. The summed E-state index contributed by atoms with van der Waals surface area (Å²) in [5, 5.41) is 3.46. The van der Waals surface area contributed by atoms with Gasteiger partial charge in [0.25, 0.3) is 13.0 Å². The molecule has 1 aromatic rings. The summed E-state index contributed by atoms with van der Waals surface area (Å²) in [6.45, 7) is 0.633. The van der Waals surface area contributed by atoms with Gasteiger partial charge in [0.05, 0.1) is 18.8 Å². The first kappa shape index (κ1) is 28.3. The van der Waals surface area contributed by atoms with E-state index in [1.807, 2.05) is 0 Å². The summed E-state index contributed by atoms with van der Waals surface area (Å²) >= 11 is 10.4. The lowest BCUT2D eigenvalue weighted by molar-refractivity contribution is -0.0230. The molecule has 1 aliphatic rings. The van der Waals surface area contributed by atoms with Crippen LogP contribution >= 0.6 is 45.9 Å². The molecule has 0 aliphatic carbocycles. The third-order valence-corrected chi connectivity index (χ3v) is 12.0. The van der Waals surface area contributed by atoms with Gasteiger partial charge in [-0.2, -0.15) is 0 Å². The average Bonchev–Trinajstić information content (AvgIpc) is 3.04. The fourth-order valence-electron chi connectivity index (χ4n) is 2.59. The van der Waals surface area contributed by atoms with Crippen molar-refractivity contribution in [3.63, 3.8) is 0 Å². The van der Waals surface area contributed by atoms with Crippen LogP contribution in [0, 0.1) is 6.92 Å². The summed E-state index contributed by atoms with van der Waals surface area (Å²) in [7, 11) is -11.3. The number of hydrogen-bond donors (Lipinski definition) is 4. The van der Waals surface area contributed by atoms with Gasteiger partial charge in [-0.1, -0.05) is 28.3 Å². The molecule has 16 nitrogen and oxygen atoms in total. The molecule has 182 valence electrons. The molecule has 2 rings (SSSR count). The van der Waals surface area contributed by atoms with E-state index in [0.29, 0.717) is 0 Å². The second kappa shape index (κ2) is 9.98. The first-order valence-corrected chi connectivity index (χ1v) is 14.0. The fraction of sp³-hybridized carbons (Fsp3) is 0.636. The molecular weight excluding hydrogens is 553 g/mol. The monoisotopic (exact) mass is 567 g/mol. The van der Waals surface area contributed by atoms with Crippen LogP contribution in [0.1, 0.15) is 18.2 Å². The molecule has 1 aliphatic heterocycles. The van der Waals surface area contributed by atoms with Crippen molar-refractivity contribution in [2.75, 3.05) is 6.61 Å². The molecule has 1 fully saturated rings. The van der Waals surface area contributed by atoms with Gasteiger partial charge in [0.2, 0.25) is 7.57 Å². The van der Waals surface area contributed by atoms with Crippen molar-refractivity contribution in [1.29, 1.82) is 0 Å². The predicted octanol–water partition coefficient (Wildman–Crippen LogP) is 1.57. The number of aromatic amines is 1. The molecular formula is C11H15BCl2N5O11P3. The number of halogens is 2. The van der Waals surface area contributed by atoms with Crippen LogP contribution in [0.3, 0.4) is 0 Å². The van der Waals surface area contributed by atoms with Crippen LogP contribution in [-0.2, 0) is 27.3 Å². The third-order valence-electron chi connectivity index (χ3n) is 4.19. The minimum atomic E-state index is -5.75. The maximum Gasteiger partial charge on any atom is 0.383 e. The number of hydrogen-bond acceptors (Lipinski definition) is 9. The van der Waals surface area contributed by atoms with Gasteiger partial charge in [-0.25, -0.2) is 9.11 Å². The van der Waals surface area contributed by atoms with Crippen molar-refractivity contribution < 1.29 is 41.9 Å². The number of ether oxygens (including phenoxy) is 1. The van der Waals surface area contributed by atoms with Crippen molar-refractivity contribution in [3.05, 3.63) is 43.0 Å². The van der Waals surface area contributed by atoms with Crippen LogP contribution in [0.5, 0.6) is 0 Å². The summed E-state index contributed by atoms with van der Waals surface area (Å²) < 4.78 is 47.3. The zero-order chi connectivity index (χ0) is 25.4. The first-order chi connectivity index (χ1) is 14.9. The quantitative estimate of drug-likeness (QED) is 0.0832. The van der Waals surface area contributed by atoms with E-state index in [1.165, 1.54) is 13.1 Å². The predicted molar refractivity (Wildman–Crippen MR) is 114 cm³/mol. The Morgan fingerprint density at radius 2 is 2.00 bits per heavy atom. The maximum absolute atomic E-state index is 12.3. The maximum atomic E-state index is 12.3. The number of aromatic nitrogens is 2. The molecule has 1 saturated heterocycles. The molecule has 22 heteroatoms. The standard InChI is InChI=1S/C11H15BCl2N5O11P3/c1-5-3-19(10(21)16-9(5)20)8-2-6(17-18-15)7(29-8)4-28-33(12,27)30-32(25,26)11(13,14)31(22,23)24/h3,6-8H,2,4H2,1H3,(H,25,26)(H,16,20,21)(H2,22,23,24)/t6-,7-,8-,33?/m1/s1. The van der Waals surface area contributed by atoms with E-state index < -0.39 is 62.7 Å². The highest BCUT2D eigenvalue weighted by molar-refractivity contribution is 7.88. The molecule has 1 aromatic heterocycles. The van der Waals surface area contributed by atoms with Gasteiger partial charge in [0.15, 0.2) is 0 Å². The summed E-state index contributed by atoms with van der Waals surface area (Å²) in [5.74, 6) is 0. The Bertz CT molecular complexity index is 1230. The molecule has 5 atom stereocenters. The highest BCUT2D eigenvalue weighted by Gasteiger charge is 2.61. The Kier molecular flexibility index (Phi) is 8.57. The molecule has 2 heterocycles. The number of rotatable bonds is 9. The first-order valence-electron chi connectivity index (χ1n) is 8.44. The number of nitrogens with one attached hydrogen (secondary N) is 1. The lowest BCUT2D eigenvalue weighted by Gasteiger charge is -2.28. The van der Waals surface area contributed by atoms with Gasteiger partial charge < -0.3 is 23.9 Å². The van der Waals surface area contributed by atoms with E-state index in [4.69, 9.17) is 55.3 Å². The second-order valence-corrected chi connectivity index (χ2v) is 14.8. The van der Waals surface area contributed by atoms with E-state index >= 15 is 0 Å². The Labute approximate surface area is 195 Å². The SMILES string of the molecule is [B]P(=O)(OC[C@H]1O[C@@H](n2cc(C)c(=O)[nH]c2=O)C[C@H]1N=[N+]=[N-])OP(=O)(O)C(Cl)(Cl)P(=O)(O)O. The Morgan fingerprint density at radius 3 is 2.55 bits per heavy atom.